The lowest BCUT2D eigenvalue weighted by Gasteiger charge is -2.18. The predicted molar refractivity (Wildman–Crippen MR) is 131 cm³/mol. The molecule has 0 amide bonds. The van der Waals surface area contributed by atoms with Gasteiger partial charge in [0, 0.05) is 30.3 Å². The van der Waals surface area contributed by atoms with Gasteiger partial charge in [-0.2, -0.15) is 0 Å². The normalized spacial score (nSPS) is 12.9. The van der Waals surface area contributed by atoms with Crippen molar-refractivity contribution < 1.29 is 19.4 Å². The van der Waals surface area contributed by atoms with Crippen molar-refractivity contribution in [2.45, 2.75) is 38.8 Å². The van der Waals surface area contributed by atoms with Crippen molar-refractivity contribution in [3.63, 3.8) is 0 Å². The maximum Gasteiger partial charge on any atom is 0.303 e. The predicted octanol–water partition coefficient (Wildman–Crippen LogP) is 5.07. The van der Waals surface area contributed by atoms with Gasteiger partial charge in [-0.15, -0.1) is 0 Å². The van der Waals surface area contributed by atoms with Crippen molar-refractivity contribution in [3.8, 4) is 34.0 Å². The summed E-state index contributed by atoms with van der Waals surface area (Å²) >= 11 is 0. The average Bonchev–Trinajstić information content (AvgIpc) is 3.23. The molecule has 7 nitrogen and oxygen atoms in total. The Hall–Kier alpha value is -3.91. The summed E-state index contributed by atoms with van der Waals surface area (Å²) in [4.78, 5) is 24.4. The number of aliphatic hydroxyl groups excluding tert-OH is 1. The topological polar surface area (TPSA) is 101 Å². The molecule has 4 aromatic rings. The molecule has 0 aliphatic rings. The lowest BCUT2D eigenvalue weighted by atomic mass is 9.98. The van der Waals surface area contributed by atoms with Crippen molar-refractivity contribution in [3.05, 3.63) is 79.0 Å². The second-order valence-electron chi connectivity index (χ2n) is 8.63. The third kappa shape index (κ3) is 5.96. The molecule has 2 atom stereocenters. The van der Waals surface area contributed by atoms with Gasteiger partial charge in [-0.3, -0.25) is 4.79 Å². The number of carboxylic acids is 1. The molecular weight excluding hydrogens is 447 g/mol. The first-order valence-corrected chi connectivity index (χ1v) is 11.5. The van der Waals surface area contributed by atoms with E-state index in [2.05, 4.69) is 9.97 Å². The van der Waals surface area contributed by atoms with Gasteiger partial charge in [0.25, 0.3) is 0 Å². The van der Waals surface area contributed by atoms with Crippen molar-refractivity contribution in [1.82, 2.24) is 19.5 Å². The number of hydrogen-bond acceptors (Lipinski definition) is 5. The molecule has 35 heavy (non-hydrogen) atoms. The van der Waals surface area contributed by atoms with E-state index in [0.717, 1.165) is 16.8 Å². The van der Waals surface area contributed by atoms with Crippen LogP contribution in [0, 0.1) is 11.7 Å². The zero-order valence-corrected chi connectivity index (χ0v) is 19.4. The summed E-state index contributed by atoms with van der Waals surface area (Å²) in [6, 6.07) is 17.7. The Morgan fingerprint density at radius 3 is 2.46 bits per heavy atom. The van der Waals surface area contributed by atoms with Crippen LogP contribution in [0.4, 0.5) is 4.39 Å². The van der Waals surface area contributed by atoms with Crippen molar-refractivity contribution in [2.24, 2.45) is 5.92 Å². The molecule has 8 heteroatoms. The molecule has 4 rings (SSSR count). The molecule has 180 valence electrons. The minimum Gasteiger partial charge on any atom is -0.481 e. The fourth-order valence-electron chi connectivity index (χ4n) is 4.22. The highest BCUT2D eigenvalue weighted by molar-refractivity contribution is 5.80. The van der Waals surface area contributed by atoms with E-state index in [4.69, 9.17) is 10.1 Å². The van der Waals surface area contributed by atoms with Crippen LogP contribution in [-0.2, 0) is 11.3 Å². The lowest BCUT2D eigenvalue weighted by molar-refractivity contribution is -0.138. The molecule has 2 aromatic carbocycles. The van der Waals surface area contributed by atoms with Crippen LogP contribution in [-0.4, -0.2) is 41.8 Å². The Bertz CT molecular complexity index is 1260. The highest BCUT2D eigenvalue weighted by Crippen LogP contribution is 2.36. The largest absolute Gasteiger partial charge is 0.481 e. The first kappa shape index (κ1) is 24.2. The van der Waals surface area contributed by atoms with Crippen molar-refractivity contribution in [2.75, 3.05) is 0 Å². The Labute approximate surface area is 203 Å². The standard InChI is InChI=1S/C27H27FN4O3/c1-18(16-24(34)35)15-22(33)12-14-32-26(23-11-13-29-17-30-23)25(19-7-9-21(28)10-8-19)31-27(32)20-5-3-2-4-6-20/h2-11,13,17-18,22,33H,12,14-16H2,1H3,(H,34,35)/t18-,22-/m1/s1. The molecule has 2 N–H and O–H groups in total. The molecule has 0 unspecified atom stereocenters. The van der Waals surface area contributed by atoms with Gasteiger partial charge in [0.1, 0.15) is 18.0 Å². The van der Waals surface area contributed by atoms with E-state index in [9.17, 15) is 14.3 Å². The van der Waals surface area contributed by atoms with Crippen LogP contribution >= 0.6 is 0 Å². The zero-order valence-electron chi connectivity index (χ0n) is 19.4. The molecule has 0 fully saturated rings. The molecule has 0 saturated heterocycles. The maximum atomic E-state index is 13.7. The minimum absolute atomic E-state index is 0.0122. The number of carboxylic acid groups (broad SMARTS) is 1. The van der Waals surface area contributed by atoms with Gasteiger partial charge in [0.15, 0.2) is 0 Å². The molecule has 0 aliphatic carbocycles. The molecule has 0 spiro atoms. The number of imidazole rings is 1. The number of aromatic nitrogens is 4. The number of aliphatic hydroxyl groups is 1. The Morgan fingerprint density at radius 1 is 1.06 bits per heavy atom. The SMILES string of the molecule is C[C@@H](CC(=O)O)C[C@H](O)CCn1c(-c2ccccc2)nc(-c2ccc(F)cc2)c1-c1ccncn1. The Morgan fingerprint density at radius 2 is 1.80 bits per heavy atom. The number of hydrogen-bond donors (Lipinski definition) is 2. The molecule has 2 aromatic heterocycles. The average molecular weight is 475 g/mol. The molecule has 0 radical (unpaired) electrons. The smallest absolute Gasteiger partial charge is 0.303 e. The van der Waals surface area contributed by atoms with Gasteiger partial charge in [-0.25, -0.2) is 19.3 Å². The number of halogens is 1. The number of aliphatic carboxylic acids is 1. The van der Waals surface area contributed by atoms with Gasteiger partial charge >= 0.3 is 5.97 Å². The second-order valence-corrected chi connectivity index (χ2v) is 8.63. The second kappa shape index (κ2) is 11.0. The molecule has 0 aliphatic heterocycles. The zero-order chi connectivity index (χ0) is 24.8. The summed E-state index contributed by atoms with van der Waals surface area (Å²) in [6.07, 6.45) is 3.24. The van der Waals surface area contributed by atoms with Crippen molar-refractivity contribution in [1.29, 1.82) is 0 Å². The van der Waals surface area contributed by atoms with E-state index >= 15 is 0 Å². The van der Waals surface area contributed by atoms with Gasteiger partial charge in [-0.1, -0.05) is 37.3 Å². The Kier molecular flexibility index (Phi) is 7.62. The molecule has 2 heterocycles. The summed E-state index contributed by atoms with van der Waals surface area (Å²) in [5.41, 5.74) is 3.68. The third-order valence-corrected chi connectivity index (χ3v) is 5.83. The van der Waals surface area contributed by atoms with Crippen LogP contribution < -0.4 is 0 Å². The van der Waals surface area contributed by atoms with E-state index in [1.807, 2.05) is 41.8 Å². The third-order valence-electron chi connectivity index (χ3n) is 5.83. The van der Waals surface area contributed by atoms with Crippen LogP contribution in [0.1, 0.15) is 26.2 Å². The van der Waals surface area contributed by atoms with Gasteiger partial charge in [-0.05, 0) is 49.1 Å². The van der Waals surface area contributed by atoms with E-state index in [1.54, 1.807) is 24.4 Å². The lowest BCUT2D eigenvalue weighted by Crippen LogP contribution is -2.17. The van der Waals surface area contributed by atoms with Crippen LogP contribution in [0.5, 0.6) is 0 Å². The van der Waals surface area contributed by atoms with Gasteiger partial charge in [0.2, 0.25) is 0 Å². The number of benzene rings is 2. The first-order valence-electron chi connectivity index (χ1n) is 11.5. The molecule has 0 saturated carbocycles. The number of rotatable bonds is 10. The van der Waals surface area contributed by atoms with E-state index in [1.165, 1.54) is 18.5 Å². The van der Waals surface area contributed by atoms with Crippen molar-refractivity contribution >= 4 is 5.97 Å². The molecule has 0 bridgehead atoms. The summed E-state index contributed by atoms with van der Waals surface area (Å²) < 4.78 is 15.7. The summed E-state index contributed by atoms with van der Waals surface area (Å²) in [5.74, 6) is -0.654. The molecular formula is C27H27FN4O3. The van der Waals surface area contributed by atoms with Crippen LogP contribution in [0.3, 0.4) is 0 Å². The summed E-state index contributed by atoms with van der Waals surface area (Å²) in [7, 11) is 0. The summed E-state index contributed by atoms with van der Waals surface area (Å²) in [5, 5.41) is 19.7. The highest BCUT2D eigenvalue weighted by Gasteiger charge is 2.23. The number of nitrogens with zero attached hydrogens (tertiary/aromatic N) is 4. The van der Waals surface area contributed by atoms with Gasteiger partial charge in [0.05, 0.1) is 23.2 Å². The highest BCUT2D eigenvalue weighted by atomic mass is 19.1. The number of carbonyl (C=O) groups is 1. The maximum absolute atomic E-state index is 13.7. The van der Waals surface area contributed by atoms with E-state index < -0.39 is 12.1 Å². The Balaban J connectivity index is 1.78. The quantitative estimate of drug-likeness (QED) is 0.333. The fourth-order valence-corrected chi connectivity index (χ4v) is 4.22. The van der Waals surface area contributed by atoms with Crippen LogP contribution in [0.2, 0.25) is 0 Å². The fraction of sp³-hybridized carbons (Fsp3) is 0.259. The van der Waals surface area contributed by atoms with E-state index in [0.29, 0.717) is 36.6 Å². The van der Waals surface area contributed by atoms with E-state index in [-0.39, 0.29) is 18.2 Å². The first-order chi connectivity index (χ1) is 16.9. The monoisotopic (exact) mass is 474 g/mol. The van der Waals surface area contributed by atoms with Gasteiger partial charge < -0.3 is 14.8 Å². The summed E-state index contributed by atoms with van der Waals surface area (Å²) in [6.45, 7) is 2.25. The van der Waals surface area contributed by atoms with Crippen LogP contribution in [0.15, 0.2) is 73.2 Å². The minimum atomic E-state index is -0.874. The van der Waals surface area contributed by atoms with Crippen LogP contribution in [0.25, 0.3) is 34.0 Å².